The summed E-state index contributed by atoms with van der Waals surface area (Å²) in [7, 11) is -3.86. The smallest absolute Gasteiger partial charge is 0.265 e. The van der Waals surface area contributed by atoms with Crippen LogP contribution < -0.4 is 4.72 Å². The molecule has 0 spiro atoms. The molecule has 1 aromatic heterocycles. The van der Waals surface area contributed by atoms with E-state index in [4.69, 9.17) is 5.11 Å². The minimum atomic E-state index is -3.86. The van der Waals surface area contributed by atoms with Gasteiger partial charge in [-0.25, -0.2) is 12.8 Å². The molecular formula is C13H12FN3O3S. The Kier molecular flexibility index (Phi) is 4.26. The fourth-order valence-electron chi connectivity index (χ4n) is 1.65. The summed E-state index contributed by atoms with van der Waals surface area (Å²) in [4.78, 5) is -0.00658. The van der Waals surface area contributed by atoms with Crippen molar-refractivity contribution < 1.29 is 17.9 Å². The van der Waals surface area contributed by atoms with E-state index in [9.17, 15) is 12.8 Å². The van der Waals surface area contributed by atoms with Crippen LogP contribution in [0.25, 0.3) is 0 Å². The summed E-state index contributed by atoms with van der Waals surface area (Å²) >= 11 is 0. The Morgan fingerprint density at radius 3 is 2.86 bits per heavy atom. The Balaban J connectivity index is 2.42. The molecule has 0 unspecified atom stereocenters. The van der Waals surface area contributed by atoms with Gasteiger partial charge in [-0.2, -0.15) is 5.10 Å². The van der Waals surface area contributed by atoms with Crippen molar-refractivity contribution in [3.8, 4) is 11.8 Å². The third-order valence-electron chi connectivity index (χ3n) is 2.60. The first-order chi connectivity index (χ1) is 9.94. The highest BCUT2D eigenvalue weighted by Gasteiger charge is 2.19. The molecule has 0 saturated heterocycles. The van der Waals surface area contributed by atoms with Gasteiger partial charge >= 0.3 is 0 Å². The van der Waals surface area contributed by atoms with Gasteiger partial charge < -0.3 is 5.11 Å². The fourth-order valence-corrected chi connectivity index (χ4v) is 2.87. The number of benzene rings is 1. The maximum Gasteiger partial charge on any atom is 0.265 e. The van der Waals surface area contributed by atoms with E-state index in [1.165, 1.54) is 12.3 Å². The van der Waals surface area contributed by atoms with Crippen LogP contribution in [0.2, 0.25) is 0 Å². The Bertz CT molecular complexity index is 819. The van der Waals surface area contributed by atoms with Crippen molar-refractivity contribution >= 4 is 15.7 Å². The van der Waals surface area contributed by atoms with Crippen LogP contribution in [0.5, 0.6) is 0 Å². The monoisotopic (exact) mass is 309 g/mol. The molecule has 0 radical (unpaired) electrons. The Hall–Kier alpha value is -2.37. The minimum Gasteiger partial charge on any atom is -0.384 e. The zero-order valence-electron chi connectivity index (χ0n) is 11.0. The largest absolute Gasteiger partial charge is 0.384 e. The third kappa shape index (κ3) is 3.39. The van der Waals surface area contributed by atoms with E-state index in [1.54, 1.807) is 6.92 Å². The summed E-state index contributed by atoms with van der Waals surface area (Å²) in [5.41, 5.74) is 0.638. The van der Waals surface area contributed by atoms with Crippen molar-refractivity contribution in [1.29, 1.82) is 0 Å². The van der Waals surface area contributed by atoms with E-state index in [0.29, 0.717) is 5.69 Å². The summed E-state index contributed by atoms with van der Waals surface area (Å²) in [5, 5.41) is 14.9. The highest BCUT2D eigenvalue weighted by Crippen LogP contribution is 2.21. The molecule has 6 nitrogen and oxygen atoms in total. The fraction of sp³-hybridized carbons (Fsp3) is 0.154. The zero-order valence-corrected chi connectivity index (χ0v) is 11.8. The van der Waals surface area contributed by atoms with Crippen molar-refractivity contribution in [1.82, 2.24) is 10.2 Å². The van der Waals surface area contributed by atoms with Crippen LogP contribution in [0.3, 0.4) is 0 Å². The highest BCUT2D eigenvalue weighted by molar-refractivity contribution is 7.92. The standard InChI is InChI=1S/C13H12FN3O3S/c1-9-13(8-15-16-9)21(19,20)17-12-5-4-11(14)7-10(12)3-2-6-18/h4-5,7-8,17-18H,6H2,1H3,(H,15,16). The molecule has 21 heavy (non-hydrogen) atoms. The van der Waals surface area contributed by atoms with Crippen LogP contribution in [0.4, 0.5) is 10.1 Å². The molecule has 2 aromatic rings. The number of hydrogen-bond acceptors (Lipinski definition) is 4. The number of anilines is 1. The normalized spacial score (nSPS) is 10.8. The molecule has 0 aliphatic carbocycles. The predicted octanol–water partition coefficient (Wildman–Crippen LogP) is 1.00. The minimum absolute atomic E-state index is 0.00658. The average molecular weight is 309 g/mol. The van der Waals surface area contributed by atoms with Gasteiger partial charge in [0.25, 0.3) is 10.0 Å². The van der Waals surface area contributed by atoms with Crippen LogP contribution in [-0.4, -0.2) is 30.3 Å². The summed E-state index contributed by atoms with van der Waals surface area (Å²) in [6.07, 6.45) is 1.18. The molecule has 110 valence electrons. The van der Waals surface area contributed by atoms with E-state index in [0.717, 1.165) is 12.1 Å². The number of nitrogens with one attached hydrogen (secondary N) is 2. The molecule has 0 amide bonds. The van der Waals surface area contributed by atoms with Gasteiger partial charge in [-0.05, 0) is 25.1 Å². The van der Waals surface area contributed by atoms with Crippen molar-refractivity contribution in [2.45, 2.75) is 11.8 Å². The van der Waals surface area contributed by atoms with Crippen LogP contribution >= 0.6 is 0 Å². The van der Waals surface area contributed by atoms with Gasteiger partial charge in [0.15, 0.2) is 0 Å². The molecular weight excluding hydrogens is 297 g/mol. The topological polar surface area (TPSA) is 95.1 Å². The number of sulfonamides is 1. The zero-order chi connectivity index (χ0) is 15.5. The van der Waals surface area contributed by atoms with Gasteiger partial charge in [-0.15, -0.1) is 0 Å². The second-order valence-electron chi connectivity index (χ2n) is 4.11. The summed E-state index contributed by atoms with van der Waals surface area (Å²) < 4.78 is 40.0. The predicted molar refractivity (Wildman–Crippen MR) is 74.5 cm³/mol. The van der Waals surface area contributed by atoms with Gasteiger partial charge in [-0.3, -0.25) is 9.82 Å². The summed E-state index contributed by atoms with van der Waals surface area (Å²) in [6.45, 7) is 1.16. The van der Waals surface area contributed by atoms with Gasteiger partial charge in [-0.1, -0.05) is 11.8 Å². The number of aryl methyl sites for hydroxylation is 1. The van der Waals surface area contributed by atoms with Crippen LogP contribution in [-0.2, 0) is 10.0 Å². The first-order valence-electron chi connectivity index (χ1n) is 5.86. The summed E-state index contributed by atoms with van der Waals surface area (Å²) in [5.74, 6) is 4.29. The van der Waals surface area contributed by atoms with E-state index in [2.05, 4.69) is 26.8 Å². The Labute approximate surface area is 121 Å². The van der Waals surface area contributed by atoms with Gasteiger partial charge in [0.2, 0.25) is 0 Å². The number of halogens is 1. The Morgan fingerprint density at radius 1 is 1.48 bits per heavy atom. The number of aromatic amines is 1. The molecule has 0 saturated carbocycles. The SMILES string of the molecule is Cc1[nH]ncc1S(=O)(=O)Nc1ccc(F)cc1C#CCO. The maximum absolute atomic E-state index is 13.2. The van der Waals surface area contributed by atoms with E-state index >= 15 is 0 Å². The molecule has 8 heteroatoms. The molecule has 0 bridgehead atoms. The molecule has 1 heterocycles. The maximum atomic E-state index is 13.2. The summed E-state index contributed by atoms with van der Waals surface area (Å²) in [6, 6.07) is 3.47. The van der Waals surface area contributed by atoms with Gasteiger partial charge in [0.05, 0.1) is 23.1 Å². The van der Waals surface area contributed by atoms with E-state index in [-0.39, 0.29) is 16.1 Å². The number of aliphatic hydroxyl groups is 1. The molecule has 0 atom stereocenters. The van der Waals surface area contributed by atoms with Gasteiger partial charge in [0, 0.05) is 0 Å². The lowest BCUT2D eigenvalue weighted by molar-refractivity contribution is 0.350. The number of rotatable bonds is 3. The second-order valence-corrected chi connectivity index (χ2v) is 5.77. The van der Waals surface area contributed by atoms with Crippen LogP contribution in [0, 0.1) is 24.6 Å². The number of hydrogen-bond donors (Lipinski definition) is 3. The molecule has 2 rings (SSSR count). The first-order valence-corrected chi connectivity index (χ1v) is 7.34. The second kappa shape index (κ2) is 5.95. The molecule has 0 aliphatic rings. The van der Waals surface area contributed by atoms with Gasteiger partial charge in [0.1, 0.15) is 17.3 Å². The van der Waals surface area contributed by atoms with Crippen LogP contribution in [0.15, 0.2) is 29.3 Å². The lowest BCUT2D eigenvalue weighted by atomic mass is 10.2. The van der Waals surface area contributed by atoms with Crippen molar-refractivity contribution in [3.05, 3.63) is 41.5 Å². The number of aromatic nitrogens is 2. The lowest BCUT2D eigenvalue weighted by Crippen LogP contribution is -2.14. The number of H-pyrrole nitrogens is 1. The van der Waals surface area contributed by atoms with E-state index in [1.807, 2.05) is 0 Å². The van der Waals surface area contributed by atoms with Crippen LogP contribution in [0.1, 0.15) is 11.3 Å². The average Bonchev–Trinajstić information content (AvgIpc) is 2.86. The molecule has 0 aliphatic heterocycles. The molecule has 0 fully saturated rings. The third-order valence-corrected chi connectivity index (χ3v) is 4.08. The molecule has 3 N–H and O–H groups in total. The highest BCUT2D eigenvalue weighted by atomic mass is 32.2. The molecule has 1 aromatic carbocycles. The van der Waals surface area contributed by atoms with Crippen molar-refractivity contribution in [2.24, 2.45) is 0 Å². The van der Waals surface area contributed by atoms with E-state index < -0.39 is 22.4 Å². The first kappa shape index (κ1) is 15.0. The Morgan fingerprint density at radius 2 is 2.24 bits per heavy atom. The number of aliphatic hydroxyl groups excluding tert-OH is 1. The number of nitrogens with zero attached hydrogens (tertiary/aromatic N) is 1. The lowest BCUT2D eigenvalue weighted by Gasteiger charge is -2.09. The van der Waals surface area contributed by atoms with Crippen molar-refractivity contribution in [2.75, 3.05) is 11.3 Å². The quantitative estimate of drug-likeness (QED) is 0.737. The van der Waals surface area contributed by atoms with Crippen molar-refractivity contribution in [3.63, 3.8) is 0 Å².